The fraction of sp³-hybridized carbons (Fsp3) is 0.800. The quantitative estimate of drug-likeness (QED) is 0.318. The van der Waals surface area contributed by atoms with Crippen molar-refractivity contribution in [3.8, 4) is 0 Å². The van der Waals surface area contributed by atoms with Gasteiger partial charge in [-0.05, 0) is 78.6 Å². The molecule has 0 aliphatic heterocycles. The molecule has 0 saturated heterocycles. The second kappa shape index (κ2) is 15.3. The number of hydrogen-bond donors (Lipinski definition) is 0. The highest BCUT2D eigenvalue weighted by molar-refractivity contribution is 5.18. The van der Waals surface area contributed by atoms with Crippen LogP contribution in [-0.4, -0.2) is 45.0 Å². The molecule has 1 aliphatic rings. The first kappa shape index (κ1) is 32.6. The molecule has 0 aromatic carbocycles. The van der Waals surface area contributed by atoms with Gasteiger partial charge in [-0.15, -0.1) is 15.3 Å². The SMILES string of the molecule is CC(C)C1CCCCCc2c1nnn2C(C)C.CC(C)c1cn(C(C)C)nn1.CC(C)c1cnnn1C(C)C. The van der Waals surface area contributed by atoms with Crippen molar-refractivity contribution >= 4 is 0 Å². The molecule has 220 valence electrons. The maximum Gasteiger partial charge on any atom is 0.0892 e. The van der Waals surface area contributed by atoms with E-state index in [2.05, 4.69) is 119 Å². The van der Waals surface area contributed by atoms with E-state index in [4.69, 9.17) is 0 Å². The van der Waals surface area contributed by atoms with Gasteiger partial charge in [0.1, 0.15) is 0 Å². The fourth-order valence-electron chi connectivity index (χ4n) is 4.76. The molecule has 1 aliphatic carbocycles. The van der Waals surface area contributed by atoms with E-state index in [-0.39, 0.29) is 0 Å². The molecule has 0 N–H and O–H groups in total. The lowest BCUT2D eigenvalue weighted by molar-refractivity contribution is 0.419. The second-order valence-corrected chi connectivity index (χ2v) is 12.6. The highest BCUT2D eigenvalue weighted by atomic mass is 15.4. The third-order valence-electron chi connectivity index (χ3n) is 7.23. The highest BCUT2D eigenvalue weighted by Gasteiger charge is 2.26. The molecule has 9 heteroatoms. The zero-order chi connectivity index (χ0) is 29.3. The Bertz CT molecular complexity index is 1040. The Morgan fingerprint density at radius 2 is 1.36 bits per heavy atom. The Morgan fingerprint density at radius 1 is 0.692 bits per heavy atom. The third kappa shape index (κ3) is 9.24. The lowest BCUT2D eigenvalue weighted by atomic mass is 9.84. The van der Waals surface area contributed by atoms with E-state index >= 15 is 0 Å². The molecule has 4 rings (SSSR count). The lowest BCUT2D eigenvalue weighted by Crippen LogP contribution is -2.15. The Morgan fingerprint density at radius 3 is 1.82 bits per heavy atom. The first-order valence-corrected chi connectivity index (χ1v) is 15.1. The van der Waals surface area contributed by atoms with Gasteiger partial charge in [0, 0.05) is 30.2 Å². The summed E-state index contributed by atoms with van der Waals surface area (Å²) in [6, 6.07) is 1.25. The van der Waals surface area contributed by atoms with Crippen LogP contribution in [0.4, 0.5) is 0 Å². The number of hydrogen-bond acceptors (Lipinski definition) is 6. The molecule has 1 unspecified atom stereocenters. The molecule has 0 spiro atoms. The molecule has 0 saturated carbocycles. The lowest BCUT2D eigenvalue weighted by Gasteiger charge is -2.23. The molecule has 0 bridgehead atoms. The van der Waals surface area contributed by atoms with E-state index in [9.17, 15) is 0 Å². The number of aromatic nitrogens is 9. The van der Waals surface area contributed by atoms with Crippen LogP contribution >= 0.6 is 0 Å². The van der Waals surface area contributed by atoms with Crippen LogP contribution < -0.4 is 0 Å². The van der Waals surface area contributed by atoms with Gasteiger partial charge in [0.15, 0.2) is 0 Å². The fourth-order valence-corrected chi connectivity index (χ4v) is 4.76. The predicted molar refractivity (Wildman–Crippen MR) is 159 cm³/mol. The van der Waals surface area contributed by atoms with Crippen molar-refractivity contribution in [3.63, 3.8) is 0 Å². The topological polar surface area (TPSA) is 92.1 Å². The van der Waals surface area contributed by atoms with Crippen LogP contribution in [0.25, 0.3) is 0 Å². The minimum atomic E-state index is 0.412. The van der Waals surface area contributed by atoms with E-state index in [1.807, 2.05) is 21.8 Å². The normalized spacial score (nSPS) is 15.8. The number of nitrogens with zero attached hydrogens (tertiary/aromatic N) is 9. The molecule has 0 amide bonds. The van der Waals surface area contributed by atoms with Crippen LogP contribution in [0.15, 0.2) is 12.4 Å². The number of fused-ring (bicyclic) bond motifs is 1. The van der Waals surface area contributed by atoms with Crippen LogP contribution in [0.3, 0.4) is 0 Å². The molecule has 0 radical (unpaired) electrons. The van der Waals surface area contributed by atoms with E-state index in [1.165, 1.54) is 42.8 Å². The molecule has 39 heavy (non-hydrogen) atoms. The molecular weight excluding hydrogens is 486 g/mol. The minimum Gasteiger partial charge on any atom is -0.250 e. The van der Waals surface area contributed by atoms with E-state index in [0.29, 0.717) is 41.8 Å². The minimum absolute atomic E-state index is 0.412. The van der Waals surface area contributed by atoms with Crippen molar-refractivity contribution in [2.24, 2.45) is 5.92 Å². The summed E-state index contributed by atoms with van der Waals surface area (Å²) in [6.07, 6.45) is 10.3. The smallest absolute Gasteiger partial charge is 0.0892 e. The van der Waals surface area contributed by atoms with Gasteiger partial charge in [-0.3, -0.25) is 0 Å². The van der Waals surface area contributed by atoms with Crippen LogP contribution in [0.5, 0.6) is 0 Å². The Kier molecular flexibility index (Phi) is 12.8. The molecule has 3 heterocycles. The average Bonchev–Trinajstić information content (AvgIpc) is 3.59. The third-order valence-corrected chi connectivity index (χ3v) is 7.23. The van der Waals surface area contributed by atoms with Crippen molar-refractivity contribution < 1.29 is 0 Å². The van der Waals surface area contributed by atoms with Gasteiger partial charge in [0.05, 0.1) is 29.0 Å². The van der Waals surface area contributed by atoms with Gasteiger partial charge in [-0.2, -0.15) is 0 Å². The van der Waals surface area contributed by atoms with Gasteiger partial charge in [0.25, 0.3) is 0 Å². The maximum atomic E-state index is 4.50. The van der Waals surface area contributed by atoms with Crippen LogP contribution in [0, 0.1) is 5.92 Å². The van der Waals surface area contributed by atoms with E-state index < -0.39 is 0 Å². The van der Waals surface area contributed by atoms with Crippen molar-refractivity contribution in [2.75, 3.05) is 0 Å². The van der Waals surface area contributed by atoms with Gasteiger partial charge in [0.2, 0.25) is 0 Å². The zero-order valence-electron chi connectivity index (χ0n) is 26.8. The highest BCUT2D eigenvalue weighted by Crippen LogP contribution is 2.34. The zero-order valence-corrected chi connectivity index (χ0v) is 26.8. The standard InChI is InChI=1S/C14H25N3.2C8H15N3/c1-10(2)12-8-6-5-7-9-13-14(12)15-16-17(13)11(3)4;1-6(2)8-5-11(7(3)4)10-9-8;1-6(2)8-5-9-10-11(8)7(3)4/h10-12H,5-9H2,1-4H3;2*5-7H,1-4H3. The molecule has 3 aromatic rings. The first-order chi connectivity index (χ1) is 18.3. The van der Waals surface area contributed by atoms with Gasteiger partial charge < -0.3 is 0 Å². The van der Waals surface area contributed by atoms with Gasteiger partial charge >= 0.3 is 0 Å². The largest absolute Gasteiger partial charge is 0.250 e. The summed E-state index contributed by atoms with van der Waals surface area (Å²) >= 11 is 0. The van der Waals surface area contributed by atoms with Crippen LogP contribution in [0.1, 0.15) is 167 Å². The van der Waals surface area contributed by atoms with Crippen molar-refractivity contribution in [3.05, 3.63) is 35.2 Å². The number of rotatable bonds is 6. The van der Waals surface area contributed by atoms with Crippen molar-refractivity contribution in [1.82, 2.24) is 45.0 Å². The van der Waals surface area contributed by atoms with Gasteiger partial charge in [-0.25, -0.2) is 14.0 Å². The summed E-state index contributed by atoms with van der Waals surface area (Å²) in [4.78, 5) is 0. The van der Waals surface area contributed by atoms with E-state index in [0.717, 1.165) is 12.1 Å². The summed E-state index contributed by atoms with van der Waals surface area (Å²) in [6.45, 7) is 26.0. The average molecular weight is 542 g/mol. The van der Waals surface area contributed by atoms with Crippen LogP contribution in [-0.2, 0) is 6.42 Å². The molecular formula is C30H55N9. The van der Waals surface area contributed by atoms with Crippen molar-refractivity contribution in [1.29, 1.82) is 0 Å². The summed E-state index contributed by atoms with van der Waals surface area (Å²) in [7, 11) is 0. The summed E-state index contributed by atoms with van der Waals surface area (Å²) < 4.78 is 5.98. The molecule has 9 nitrogen and oxygen atoms in total. The molecule has 1 atom stereocenters. The maximum absolute atomic E-state index is 4.50. The summed E-state index contributed by atoms with van der Waals surface area (Å²) in [5.41, 5.74) is 4.96. The molecule has 0 fully saturated rings. The van der Waals surface area contributed by atoms with Gasteiger partial charge in [-0.1, -0.05) is 70.0 Å². The summed E-state index contributed by atoms with van der Waals surface area (Å²) in [5, 5.41) is 24.8. The molecule has 3 aromatic heterocycles. The Hall–Kier alpha value is -2.58. The second-order valence-electron chi connectivity index (χ2n) is 12.6. The van der Waals surface area contributed by atoms with Crippen molar-refractivity contribution in [2.45, 2.75) is 151 Å². The monoisotopic (exact) mass is 541 g/mol. The Balaban J connectivity index is 0.000000214. The van der Waals surface area contributed by atoms with E-state index in [1.54, 1.807) is 0 Å². The Labute approximate surface area is 237 Å². The summed E-state index contributed by atoms with van der Waals surface area (Å²) in [5.74, 6) is 2.26. The van der Waals surface area contributed by atoms with Crippen LogP contribution in [0.2, 0.25) is 0 Å². The predicted octanol–water partition coefficient (Wildman–Crippen LogP) is 7.68. The first-order valence-electron chi connectivity index (χ1n) is 15.1.